The van der Waals surface area contributed by atoms with Gasteiger partial charge in [0, 0.05) is 23.4 Å². The van der Waals surface area contributed by atoms with Crippen LogP contribution in [0.5, 0.6) is 5.75 Å². The summed E-state index contributed by atoms with van der Waals surface area (Å²) in [5.41, 5.74) is 6.48. The number of urea groups is 1. The molecule has 29 heavy (non-hydrogen) atoms. The van der Waals surface area contributed by atoms with Crippen LogP contribution in [0.4, 0.5) is 10.5 Å². The number of halogens is 1. The molecule has 0 radical (unpaired) electrons. The second-order valence-corrected chi connectivity index (χ2v) is 7.22. The largest absolute Gasteiger partial charge is 0.491 e. The van der Waals surface area contributed by atoms with Crippen LogP contribution in [0.15, 0.2) is 48.5 Å². The molecule has 1 fully saturated rings. The topological polar surface area (TPSA) is 103 Å². The average Bonchev–Trinajstić information content (AvgIpc) is 3.20. The van der Waals surface area contributed by atoms with Gasteiger partial charge >= 0.3 is 6.03 Å². The Kier molecular flexibility index (Phi) is 7.32. The van der Waals surface area contributed by atoms with E-state index in [1.165, 1.54) is 0 Å². The van der Waals surface area contributed by atoms with E-state index in [1.54, 1.807) is 42.5 Å². The highest BCUT2D eigenvalue weighted by atomic mass is 35.5. The zero-order valence-electron chi connectivity index (χ0n) is 15.9. The van der Waals surface area contributed by atoms with E-state index in [0.29, 0.717) is 28.6 Å². The molecule has 2 aromatic rings. The maximum Gasteiger partial charge on any atom is 0.312 e. The summed E-state index contributed by atoms with van der Waals surface area (Å²) in [7, 11) is 0. The smallest absolute Gasteiger partial charge is 0.312 e. The predicted octanol–water partition coefficient (Wildman–Crippen LogP) is 3.64. The van der Waals surface area contributed by atoms with E-state index in [0.717, 1.165) is 19.4 Å². The molecule has 1 saturated heterocycles. The minimum absolute atomic E-state index is 0.0202. The second kappa shape index (κ2) is 10.1. The fourth-order valence-corrected chi connectivity index (χ4v) is 3.46. The van der Waals surface area contributed by atoms with Gasteiger partial charge < -0.3 is 25.8 Å². The molecule has 7 nitrogen and oxygen atoms in total. The Labute approximate surface area is 174 Å². The van der Waals surface area contributed by atoms with E-state index in [9.17, 15) is 9.59 Å². The highest BCUT2D eigenvalue weighted by Crippen LogP contribution is 2.26. The van der Waals surface area contributed by atoms with Crippen LogP contribution in [0.3, 0.4) is 0 Å². The van der Waals surface area contributed by atoms with Crippen molar-refractivity contribution in [2.24, 2.45) is 5.73 Å². The maximum atomic E-state index is 12.6. The molecular formula is C21H24ClN3O4. The number of rotatable bonds is 8. The first-order valence-electron chi connectivity index (χ1n) is 9.46. The minimum atomic E-state index is -0.729. The molecule has 3 amide bonds. The van der Waals surface area contributed by atoms with Crippen molar-refractivity contribution in [1.29, 1.82) is 0 Å². The Morgan fingerprint density at radius 2 is 2.07 bits per heavy atom. The van der Waals surface area contributed by atoms with Crippen molar-refractivity contribution in [3.8, 4) is 5.75 Å². The number of benzene rings is 2. The number of hydrogen-bond acceptors (Lipinski definition) is 4. The van der Waals surface area contributed by atoms with Crippen molar-refractivity contribution in [3.63, 3.8) is 0 Å². The molecule has 0 spiro atoms. The molecule has 2 aromatic carbocycles. The number of nitrogens with two attached hydrogens (primary N) is 1. The summed E-state index contributed by atoms with van der Waals surface area (Å²) < 4.78 is 11.3. The quantitative estimate of drug-likeness (QED) is 0.610. The van der Waals surface area contributed by atoms with Crippen LogP contribution in [-0.2, 0) is 9.53 Å². The first-order chi connectivity index (χ1) is 14.0. The Bertz CT molecular complexity index is 855. The summed E-state index contributed by atoms with van der Waals surface area (Å²) in [6, 6.07) is 12.8. The molecule has 8 heteroatoms. The molecule has 1 heterocycles. The summed E-state index contributed by atoms with van der Waals surface area (Å²) in [5, 5.41) is 5.84. The van der Waals surface area contributed by atoms with Gasteiger partial charge in [-0.25, -0.2) is 4.79 Å². The summed E-state index contributed by atoms with van der Waals surface area (Å²) in [6.45, 7) is 1.25. The average molecular weight is 418 g/mol. The number of carbonyl (C=O) groups is 2. The van der Waals surface area contributed by atoms with E-state index in [-0.39, 0.29) is 18.4 Å². The molecule has 154 valence electrons. The molecule has 0 saturated carbocycles. The lowest BCUT2D eigenvalue weighted by Crippen LogP contribution is -2.35. The van der Waals surface area contributed by atoms with Gasteiger partial charge in [0.2, 0.25) is 5.91 Å². The summed E-state index contributed by atoms with van der Waals surface area (Å²) in [5.74, 6) is 0.358. The normalized spacial score (nSPS) is 16.8. The lowest BCUT2D eigenvalue weighted by Gasteiger charge is -2.19. The number of nitrogens with one attached hydrogen (secondary N) is 2. The third-order valence-electron chi connectivity index (χ3n) is 4.56. The van der Waals surface area contributed by atoms with Crippen LogP contribution >= 0.6 is 11.6 Å². The molecule has 4 N–H and O–H groups in total. The Morgan fingerprint density at radius 1 is 1.24 bits per heavy atom. The van der Waals surface area contributed by atoms with Gasteiger partial charge in [-0.1, -0.05) is 35.9 Å². The van der Waals surface area contributed by atoms with Gasteiger partial charge in [0.05, 0.1) is 18.6 Å². The van der Waals surface area contributed by atoms with Gasteiger partial charge in [0.1, 0.15) is 12.4 Å². The van der Waals surface area contributed by atoms with Gasteiger partial charge in [-0.2, -0.15) is 0 Å². The summed E-state index contributed by atoms with van der Waals surface area (Å²) in [6.07, 6.45) is 2.14. The number of ether oxygens (including phenoxy) is 2. The van der Waals surface area contributed by atoms with Gasteiger partial charge in [0.25, 0.3) is 0 Å². The highest BCUT2D eigenvalue weighted by molar-refractivity contribution is 6.31. The van der Waals surface area contributed by atoms with E-state index >= 15 is 0 Å². The van der Waals surface area contributed by atoms with Crippen molar-refractivity contribution < 1.29 is 19.1 Å². The SMILES string of the molecule is NC(=O)N[C@@H](CC(=O)Nc1cccc(OC[C@@H]2CCCO2)c1)c1ccccc1Cl. The zero-order valence-corrected chi connectivity index (χ0v) is 16.7. The molecule has 1 aliphatic rings. The van der Waals surface area contributed by atoms with Crippen LogP contribution in [0.25, 0.3) is 0 Å². The number of amides is 3. The first kappa shape index (κ1) is 21.0. The van der Waals surface area contributed by atoms with Crippen molar-refractivity contribution in [1.82, 2.24) is 5.32 Å². The molecule has 1 aliphatic heterocycles. The third kappa shape index (κ3) is 6.37. The monoisotopic (exact) mass is 417 g/mol. The zero-order chi connectivity index (χ0) is 20.6. The van der Waals surface area contributed by atoms with Gasteiger partial charge in [0.15, 0.2) is 0 Å². The van der Waals surface area contributed by atoms with E-state index < -0.39 is 12.1 Å². The summed E-state index contributed by atoms with van der Waals surface area (Å²) in [4.78, 5) is 23.9. The van der Waals surface area contributed by atoms with Crippen LogP contribution in [-0.4, -0.2) is 31.3 Å². The maximum absolute atomic E-state index is 12.6. The van der Waals surface area contributed by atoms with Crippen molar-refractivity contribution >= 4 is 29.2 Å². The number of anilines is 1. The van der Waals surface area contributed by atoms with Crippen LogP contribution < -0.4 is 21.1 Å². The Morgan fingerprint density at radius 3 is 2.79 bits per heavy atom. The fourth-order valence-electron chi connectivity index (χ4n) is 3.19. The highest BCUT2D eigenvalue weighted by Gasteiger charge is 2.20. The molecule has 0 unspecified atom stereocenters. The lowest BCUT2D eigenvalue weighted by atomic mass is 10.0. The summed E-state index contributed by atoms with van der Waals surface area (Å²) >= 11 is 6.20. The second-order valence-electron chi connectivity index (χ2n) is 6.81. The fraction of sp³-hybridized carbons (Fsp3) is 0.333. The minimum Gasteiger partial charge on any atom is -0.491 e. The first-order valence-corrected chi connectivity index (χ1v) is 9.84. The predicted molar refractivity (Wildman–Crippen MR) is 111 cm³/mol. The van der Waals surface area contributed by atoms with Gasteiger partial charge in [-0.3, -0.25) is 4.79 Å². The van der Waals surface area contributed by atoms with E-state index in [2.05, 4.69) is 10.6 Å². The molecule has 2 atom stereocenters. The molecule has 0 aromatic heterocycles. The molecule has 0 bridgehead atoms. The lowest BCUT2D eigenvalue weighted by molar-refractivity contribution is -0.116. The molecular weight excluding hydrogens is 394 g/mol. The molecule has 0 aliphatic carbocycles. The van der Waals surface area contributed by atoms with Crippen molar-refractivity contribution in [2.75, 3.05) is 18.5 Å². The van der Waals surface area contributed by atoms with Crippen LogP contribution in [0, 0.1) is 0 Å². The van der Waals surface area contributed by atoms with Crippen LogP contribution in [0.1, 0.15) is 30.9 Å². The van der Waals surface area contributed by atoms with Crippen LogP contribution in [0.2, 0.25) is 5.02 Å². The number of hydrogen-bond donors (Lipinski definition) is 3. The standard InChI is InChI=1S/C21H24ClN3O4/c22-18-9-2-1-8-17(18)19(25-21(23)27)12-20(26)24-14-5-3-6-15(11-14)29-13-16-7-4-10-28-16/h1-3,5-6,8-9,11,16,19H,4,7,10,12-13H2,(H,24,26)(H3,23,25,27)/t16-,19-/m0/s1. The molecule has 3 rings (SSSR count). The third-order valence-corrected chi connectivity index (χ3v) is 4.91. The van der Waals surface area contributed by atoms with E-state index in [4.69, 9.17) is 26.8 Å². The Hall–Kier alpha value is -2.77. The van der Waals surface area contributed by atoms with Crippen molar-refractivity contribution in [2.45, 2.75) is 31.4 Å². The number of primary amides is 1. The Balaban J connectivity index is 1.61. The van der Waals surface area contributed by atoms with Gasteiger partial charge in [-0.15, -0.1) is 0 Å². The van der Waals surface area contributed by atoms with Gasteiger partial charge in [-0.05, 0) is 36.6 Å². The van der Waals surface area contributed by atoms with E-state index in [1.807, 2.05) is 6.07 Å². The number of carbonyl (C=O) groups excluding carboxylic acids is 2. The van der Waals surface area contributed by atoms with Crippen molar-refractivity contribution in [3.05, 3.63) is 59.1 Å².